The Morgan fingerprint density at radius 2 is 1.71 bits per heavy atom. The van der Waals surface area contributed by atoms with Crippen LogP contribution < -0.4 is 0 Å². The molecule has 1 aromatic heterocycles. The van der Waals surface area contributed by atoms with Gasteiger partial charge in [-0.05, 0) is 24.1 Å². The number of fused-ring (bicyclic) bond motifs is 1. The topological polar surface area (TPSA) is 33.2 Å². The van der Waals surface area contributed by atoms with Crippen molar-refractivity contribution in [2.45, 2.75) is 13.3 Å². The molecule has 0 bridgehead atoms. The molecule has 122 valence electrons. The third kappa shape index (κ3) is 3.30. The summed E-state index contributed by atoms with van der Waals surface area (Å²) in [7, 11) is 3.61. The van der Waals surface area contributed by atoms with E-state index in [0.29, 0.717) is 6.42 Å². The zero-order chi connectivity index (χ0) is 17.1. The zero-order valence-electron chi connectivity index (χ0n) is 14.4. The standard InChI is InChI=1S/C21H22N2O/c1-15(21(24)23(2)3)13-17-14-20(16-9-5-4-6-10-16)22-19-12-8-7-11-18(17)19/h4-12,14-15H,13H2,1-3H3/t15-/m1/s1. The van der Waals surface area contributed by atoms with Crippen LogP contribution in [-0.4, -0.2) is 29.9 Å². The number of aromatic nitrogens is 1. The van der Waals surface area contributed by atoms with Crippen LogP contribution in [-0.2, 0) is 11.2 Å². The molecular formula is C21H22N2O. The van der Waals surface area contributed by atoms with E-state index >= 15 is 0 Å². The van der Waals surface area contributed by atoms with Crippen molar-refractivity contribution in [1.29, 1.82) is 0 Å². The molecule has 24 heavy (non-hydrogen) atoms. The summed E-state index contributed by atoms with van der Waals surface area (Å²) >= 11 is 0. The number of benzene rings is 2. The van der Waals surface area contributed by atoms with Crippen LogP contribution in [0.25, 0.3) is 22.2 Å². The highest BCUT2D eigenvalue weighted by atomic mass is 16.2. The Kier molecular flexibility index (Phi) is 4.61. The second-order valence-corrected chi connectivity index (χ2v) is 6.39. The number of para-hydroxylation sites is 1. The van der Waals surface area contributed by atoms with Gasteiger partial charge in [0.1, 0.15) is 0 Å². The molecule has 1 heterocycles. The normalized spacial score (nSPS) is 12.1. The number of hydrogen-bond acceptors (Lipinski definition) is 2. The summed E-state index contributed by atoms with van der Waals surface area (Å²) in [5.74, 6) is 0.0894. The second kappa shape index (κ2) is 6.83. The first-order chi connectivity index (χ1) is 11.6. The highest BCUT2D eigenvalue weighted by molar-refractivity contribution is 5.86. The van der Waals surface area contributed by atoms with Crippen molar-refractivity contribution in [2.75, 3.05) is 14.1 Å². The Morgan fingerprint density at radius 1 is 1.04 bits per heavy atom. The van der Waals surface area contributed by atoms with E-state index in [9.17, 15) is 4.79 Å². The molecule has 0 unspecified atom stereocenters. The van der Waals surface area contributed by atoms with Crippen molar-refractivity contribution >= 4 is 16.8 Å². The minimum absolute atomic E-state index is 0.0607. The van der Waals surface area contributed by atoms with Gasteiger partial charge in [0.25, 0.3) is 0 Å². The Bertz CT molecular complexity index is 856. The molecule has 3 aromatic rings. The fraction of sp³-hybridized carbons (Fsp3) is 0.238. The van der Waals surface area contributed by atoms with E-state index in [-0.39, 0.29) is 11.8 Å². The summed E-state index contributed by atoms with van der Waals surface area (Å²) in [5.41, 5.74) is 4.19. The smallest absolute Gasteiger partial charge is 0.225 e. The van der Waals surface area contributed by atoms with Crippen molar-refractivity contribution in [3.63, 3.8) is 0 Å². The van der Waals surface area contributed by atoms with Crippen molar-refractivity contribution in [2.24, 2.45) is 5.92 Å². The molecule has 0 aliphatic rings. The number of pyridine rings is 1. The molecular weight excluding hydrogens is 296 g/mol. The molecule has 0 spiro atoms. The van der Waals surface area contributed by atoms with E-state index in [2.05, 4.69) is 24.3 Å². The van der Waals surface area contributed by atoms with Gasteiger partial charge >= 0.3 is 0 Å². The summed E-state index contributed by atoms with van der Waals surface area (Å²) in [6, 6.07) is 20.4. The Hall–Kier alpha value is -2.68. The number of rotatable bonds is 4. The van der Waals surface area contributed by atoms with Crippen molar-refractivity contribution < 1.29 is 4.79 Å². The van der Waals surface area contributed by atoms with Crippen LogP contribution in [0.5, 0.6) is 0 Å². The highest BCUT2D eigenvalue weighted by Crippen LogP contribution is 2.26. The first kappa shape index (κ1) is 16.2. The summed E-state index contributed by atoms with van der Waals surface area (Å²) in [6.45, 7) is 1.99. The van der Waals surface area contributed by atoms with E-state index in [0.717, 1.165) is 22.2 Å². The Labute approximate surface area is 143 Å². The lowest BCUT2D eigenvalue weighted by atomic mass is 9.95. The molecule has 1 amide bonds. The third-order valence-corrected chi connectivity index (χ3v) is 4.26. The van der Waals surface area contributed by atoms with E-state index in [1.807, 2.05) is 43.3 Å². The van der Waals surface area contributed by atoms with Crippen LogP contribution in [0.2, 0.25) is 0 Å². The minimum atomic E-state index is -0.0607. The Morgan fingerprint density at radius 3 is 2.42 bits per heavy atom. The molecule has 0 saturated heterocycles. The highest BCUT2D eigenvalue weighted by Gasteiger charge is 2.17. The molecule has 0 fully saturated rings. The summed E-state index contributed by atoms with van der Waals surface area (Å²) < 4.78 is 0. The summed E-state index contributed by atoms with van der Waals surface area (Å²) in [6.07, 6.45) is 0.708. The van der Waals surface area contributed by atoms with Gasteiger partial charge in [-0.2, -0.15) is 0 Å². The number of hydrogen-bond donors (Lipinski definition) is 0. The summed E-state index contributed by atoms with van der Waals surface area (Å²) in [5, 5.41) is 1.12. The summed E-state index contributed by atoms with van der Waals surface area (Å²) in [4.78, 5) is 18.7. The molecule has 0 aliphatic heterocycles. The monoisotopic (exact) mass is 318 g/mol. The number of amides is 1. The molecule has 0 aliphatic carbocycles. The Balaban J connectivity index is 2.07. The lowest BCUT2D eigenvalue weighted by Crippen LogP contribution is -2.29. The van der Waals surface area contributed by atoms with Crippen LogP contribution in [0.15, 0.2) is 60.7 Å². The first-order valence-electron chi connectivity index (χ1n) is 8.21. The minimum Gasteiger partial charge on any atom is -0.349 e. The molecule has 3 nitrogen and oxygen atoms in total. The number of nitrogens with zero attached hydrogens (tertiary/aromatic N) is 2. The van der Waals surface area contributed by atoms with Gasteiger partial charge in [-0.3, -0.25) is 4.79 Å². The fourth-order valence-electron chi connectivity index (χ4n) is 3.03. The van der Waals surface area contributed by atoms with Crippen molar-refractivity contribution in [3.8, 4) is 11.3 Å². The van der Waals surface area contributed by atoms with E-state index in [1.54, 1.807) is 19.0 Å². The first-order valence-corrected chi connectivity index (χ1v) is 8.21. The molecule has 1 atom stereocenters. The maximum absolute atomic E-state index is 12.2. The van der Waals surface area contributed by atoms with Gasteiger partial charge in [0.05, 0.1) is 11.2 Å². The average molecular weight is 318 g/mol. The van der Waals surface area contributed by atoms with Crippen LogP contribution in [0.4, 0.5) is 0 Å². The predicted molar refractivity (Wildman–Crippen MR) is 98.7 cm³/mol. The van der Waals surface area contributed by atoms with Gasteiger partial charge in [0.2, 0.25) is 5.91 Å². The van der Waals surface area contributed by atoms with Crippen LogP contribution >= 0.6 is 0 Å². The van der Waals surface area contributed by atoms with Gasteiger partial charge in [0, 0.05) is 31.0 Å². The zero-order valence-corrected chi connectivity index (χ0v) is 14.4. The van der Waals surface area contributed by atoms with E-state index in [1.165, 1.54) is 5.56 Å². The van der Waals surface area contributed by atoms with Gasteiger partial charge in [0.15, 0.2) is 0 Å². The van der Waals surface area contributed by atoms with Gasteiger partial charge in [-0.1, -0.05) is 55.5 Å². The lowest BCUT2D eigenvalue weighted by molar-refractivity contribution is -0.132. The molecule has 3 heteroatoms. The quantitative estimate of drug-likeness (QED) is 0.723. The van der Waals surface area contributed by atoms with Gasteiger partial charge in [-0.15, -0.1) is 0 Å². The van der Waals surface area contributed by atoms with E-state index in [4.69, 9.17) is 4.98 Å². The van der Waals surface area contributed by atoms with Crippen molar-refractivity contribution in [1.82, 2.24) is 9.88 Å². The largest absolute Gasteiger partial charge is 0.349 e. The van der Waals surface area contributed by atoms with Gasteiger partial charge in [-0.25, -0.2) is 4.98 Å². The van der Waals surface area contributed by atoms with Crippen LogP contribution in [0.1, 0.15) is 12.5 Å². The average Bonchev–Trinajstić information content (AvgIpc) is 2.61. The molecule has 0 N–H and O–H groups in total. The molecule has 0 radical (unpaired) electrons. The predicted octanol–water partition coefficient (Wildman–Crippen LogP) is 4.17. The van der Waals surface area contributed by atoms with Crippen LogP contribution in [0.3, 0.4) is 0 Å². The third-order valence-electron chi connectivity index (χ3n) is 4.26. The molecule has 2 aromatic carbocycles. The van der Waals surface area contributed by atoms with Crippen LogP contribution in [0, 0.1) is 5.92 Å². The fourth-order valence-corrected chi connectivity index (χ4v) is 3.03. The maximum Gasteiger partial charge on any atom is 0.225 e. The number of carbonyl (C=O) groups excluding carboxylic acids is 1. The van der Waals surface area contributed by atoms with Crippen molar-refractivity contribution in [3.05, 3.63) is 66.2 Å². The molecule has 3 rings (SSSR count). The van der Waals surface area contributed by atoms with E-state index < -0.39 is 0 Å². The lowest BCUT2D eigenvalue weighted by Gasteiger charge is -2.18. The molecule has 0 saturated carbocycles. The number of carbonyl (C=O) groups is 1. The SMILES string of the molecule is C[C@H](Cc1cc(-c2ccccc2)nc2ccccc12)C(=O)N(C)C. The second-order valence-electron chi connectivity index (χ2n) is 6.39. The maximum atomic E-state index is 12.2. The van der Waals surface area contributed by atoms with Gasteiger partial charge < -0.3 is 4.90 Å².